The minimum absolute atomic E-state index is 0. The molecule has 0 radical (unpaired) electrons. The summed E-state index contributed by atoms with van der Waals surface area (Å²) in [5.41, 5.74) is 2.09. The van der Waals surface area contributed by atoms with Gasteiger partial charge < -0.3 is 25.8 Å². The number of ether oxygens (including phenoxy) is 1. The lowest BCUT2D eigenvalue weighted by Crippen LogP contribution is -2.09. The van der Waals surface area contributed by atoms with Crippen LogP contribution in [0.15, 0.2) is 61.4 Å². The van der Waals surface area contributed by atoms with Crippen LogP contribution in [0.25, 0.3) is 0 Å². The molecule has 0 aliphatic carbocycles. The molecule has 3 rings (SSSR count). The molecule has 10 heteroatoms. The fraction of sp³-hybridized carbons (Fsp3) is 0.174. The van der Waals surface area contributed by atoms with E-state index in [-0.39, 0.29) is 38.3 Å². The van der Waals surface area contributed by atoms with Crippen molar-refractivity contribution in [1.82, 2.24) is 15.0 Å². The number of benzene rings is 1. The van der Waals surface area contributed by atoms with Crippen LogP contribution in [0, 0.1) is 0 Å². The van der Waals surface area contributed by atoms with Gasteiger partial charge in [0, 0.05) is 23.6 Å². The van der Waals surface area contributed by atoms with Crippen LogP contribution < -0.4 is 20.7 Å². The molecule has 0 spiro atoms. The summed E-state index contributed by atoms with van der Waals surface area (Å²) in [4.78, 5) is 36.3. The summed E-state index contributed by atoms with van der Waals surface area (Å²) < 4.78 is 5.23. The summed E-state index contributed by atoms with van der Waals surface area (Å²) in [5, 5.41) is 17.6. The summed E-state index contributed by atoms with van der Waals surface area (Å²) in [7, 11) is 0. The van der Waals surface area contributed by atoms with Crippen LogP contribution in [0.2, 0.25) is 0 Å². The SMILES string of the molecule is C.C=CC(=O)Nc1cccc(Nc2nc(Nc3ccc(OCCO)nc3)ncc2C(C)=O)c1. The van der Waals surface area contributed by atoms with Crippen molar-refractivity contribution in [2.45, 2.75) is 14.4 Å². The highest BCUT2D eigenvalue weighted by molar-refractivity contribution is 6.00. The first-order valence-corrected chi connectivity index (χ1v) is 9.63. The number of nitrogens with zero attached hydrogens (tertiary/aromatic N) is 3. The number of rotatable bonds is 10. The Hall–Kier alpha value is -4.31. The van der Waals surface area contributed by atoms with Gasteiger partial charge in [0.15, 0.2) is 5.78 Å². The number of anilines is 5. The van der Waals surface area contributed by atoms with Gasteiger partial charge >= 0.3 is 0 Å². The first-order valence-electron chi connectivity index (χ1n) is 9.63. The van der Waals surface area contributed by atoms with Crippen LogP contribution in [-0.2, 0) is 4.79 Å². The Kier molecular flexibility index (Phi) is 9.01. The first kappa shape index (κ1) is 25.0. The fourth-order valence-electron chi connectivity index (χ4n) is 2.62. The molecule has 1 aromatic carbocycles. The molecule has 33 heavy (non-hydrogen) atoms. The highest BCUT2D eigenvalue weighted by Crippen LogP contribution is 2.24. The molecule has 0 fully saturated rings. The number of ketones is 1. The van der Waals surface area contributed by atoms with E-state index < -0.39 is 0 Å². The van der Waals surface area contributed by atoms with E-state index in [9.17, 15) is 9.59 Å². The second kappa shape index (κ2) is 11.9. The third-order valence-corrected chi connectivity index (χ3v) is 4.08. The molecule has 0 aliphatic heterocycles. The molecule has 2 aromatic heterocycles. The minimum atomic E-state index is -0.332. The highest BCUT2D eigenvalue weighted by Gasteiger charge is 2.13. The first-order chi connectivity index (χ1) is 15.5. The molecule has 10 nitrogen and oxygen atoms in total. The van der Waals surface area contributed by atoms with Crippen molar-refractivity contribution in [3.8, 4) is 5.88 Å². The smallest absolute Gasteiger partial charge is 0.247 e. The Bertz CT molecular complexity index is 1120. The van der Waals surface area contributed by atoms with Crippen LogP contribution in [0.4, 0.5) is 28.8 Å². The second-order valence-corrected chi connectivity index (χ2v) is 6.49. The number of aliphatic hydroxyl groups is 1. The lowest BCUT2D eigenvalue weighted by Gasteiger charge is -2.13. The van der Waals surface area contributed by atoms with E-state index in [4.69, 9.17) is 9.84 Å². The zero-order chi connectivity index (χ0) is 22.9. The van der Waals surface area contributed by atoms with Crippen molar-refractivity contribution in [1.29, 1.82) is 0 Å². The lowest BCUT2D eigenvalue weighted by molar-refractivity contribution is -0.111. The van der Waals surface area contributed by atoms with Crippen LogP contribution in [0.5, 0.6) is 5.88 Å². The van der Waals surface area contributed by atoms with E-state index in [1.54, 1.807) is 36.4 Å². The van der Waals surface area contributed by atoms with Crippen LogP contribution in [0.1, 0.15) is 24.7 Å². The molecule has 0 atom stereocenters. The number of hydrogen-bond donors (Lipinski definition) is 4. The Morgan fingerprint density at radius 2 is 1.88 bits per heavy atom. The molecular weight excluding hydrogens is 424 g/mol. The lowest BCUT2D eigenvalue weighted by atomic mass is 10.2. The maximum atomic E-state index is 12.1. The molecule has 172 valence electrons. The number of aliphatic hydroxyl groups excluding tert-OH is 1. The van der Waals surface area contributed by atoms with E-state index >= 15 is 0 Å². The number of carbonyl (C=O) groups is 2. The van der Waals surface area contributed by atoms with E-state index in [2.05, 4.69) is 37.5 Å². The van der Waals surface area contributed by atoms with E-state index in [0.717, 1.165) is 0 Å². The van der Waals surface area contributed by atoms with Gasteiger partial charge in [-0.1, -0.05) is 20.1 Å². The maximum Gasteiger partial charge on any atom is 0.247 e. The molecule has 0 saturated heterocycles. The Morgan fingerprint density at radius 1 is 1.09 bits per heavy atom. The summed E-state index contributed by atoms with van der Waals surface area (Å²) in [6, 6.07) is 10.3. The minimum Gasteiger partial charge on any atom is -0.475 e. The fourth-order valence-corrected chi connectivity index (χ4v) is 2.62. The van der Waals surface area contributed by atoms with Gasteiger partial charge in [0.25, 0.3) is 0 Å². The zero-order valence-electron chi connectivity index (χ0n) is 17.3. The van der Waals surface area contributed by atoms with Crippen molar-refractivity contribution in [2.75, 3.05) is 29.2 Å². The number of nitrogens with one attached hydrogen (secondary N) is 3. The van der Waals surface area contributed by atoms with Crippen molar-refractivity contribution in [2.24, 2.45) is 0 Å². The summed E-state index contributed by atoms with van der Waals surface area (Å²) in [6.45, 7) is 4.91. The average Bonchev–Trinajstić information content (AvgIpc) is 2.79. The van der Waals surface area contributed by atoms with Gasteiger partial charge in [-0.3, -0.25) is 9.59 Å². The monoisotopic (exact) mass is 450 g/mol. The number of hydrogen-bond acceptors (Lipinski definition) is 9. The molecule has 2 heterocycles. The van der Waals surface area contributed by atoms with Gasteiger partial charge in [-0.2, -0.15) is 4.98 Å². The molecule has 0 saturated carbocycles. The van der Waals surface area contributed by atoms with E-state index in [1.165, 1.54) is 25.4 Å². The van der Waals surface area contributed by atoms with Crippen molar-refractivity contribution >= 4 is 40.5 Å². The third kappa shape index (κ3) is 7.11. The van der Waals surface area contributed by atoms with E-state index in [1.807, 2.05) is 0 Å². The molecular formula is C23H26N6O4. The summed E-state index contributed by atoms with van der Waals surface area (Å²) >= 11 is 0. The Labute approximate surface area is 191 Å². The van der Waals surface area contributed by atoms with Crippen LogP contribution in [-0.4, -0.2) is 45.0 Å². The molecule has 0 bridgehead atoms. The topological polar surface area (TPSA) is 138 Å². The predicted molar refractivity (Wildman–Crippen MR) is 127 cm³/mol. The van der Waals surface area contributed by atoms with Crippen molar-refractivity contribution < 1.29 is 19.4 Å². The molecule has 0 aliphatic rings. The van der Waals surface area contributed by atoms with Gasteiger partial charge in [0.2, 0.25) is 17.7 Å². The van der Waals surface area contributed by atoms with Crippen molar-refractivity contribution in [3.05, 3.63) is 67.0 Å². The largest absolute Gasteiger partial charge is 0.475 e. The van der Waals surface area contributed by atoms with Crippen LogP contribution >= 0.6 is 0 Å². The highest BCUT2D eigenvalue weighted by atomic mass is 16.5. The molecule has 4 N–H and O–H groups in total. The Morgan fingerprint density at radius 3 is 2.55 bits per heavy atom. The van der Waals surface area contributed by atoms with Gasteiger partial charge in [-0.25, -0.2) is 9.97 Å². The Balaban J connectivity index is 0.00000385. The number of pyridine rings is 1. The zero-order valence-corrected chi connectivity index (χ0v) is 17.3. The van der Waals surface area contributed by atoms with E-state index in [0.29, 0.717) is 34.3 Å². The van der Waals surface area contributed by atoms with Gasteiger partial charge in [-0.15, -0.1) is 0 Å². The standard InChI is InChI=1S/C22H22N6O4.CH4/c1-3-19(31)25-15-5-4-6-16(11-15)26-21-18(14(2)30)13-24-22(28-21)27-17-7-8-20(23-12-17)32-10-9-29;/h3-8,11-13,29H,1,9-10H2,2H3,(H,25,31)(H2,24,26,27,28);1H4. The van der Waals surface area contributed by atoms with Gasteiger partial charge in [0.1, 0.15) is 12.4 Å². The molecule has 0 unspecified atom stereocenters. The second-order valence-electron chi connectivity index (χ2n) is 6.49. The maximum absolute atomic E-state index is 12.1. The average molecular weight is 450 g/mol. The summed E-state index contributed by atoms with van der Waals surface area (Å²) in [5.74, 6) is 0.393. The third-order valence-electron chi connectivity index (χ3n) is 4.08. The predicted octanol–water partition coefficient (Wildman–Crippen LogP) is 3.69. The summed E-state index contributed by atoms with van der Waals surface area (Å²) in [6.07, 6.45) is 4.14. The molecule has 1 amide bonds. The number of Topliss-reactive ketones (excluding diaryl/α,β-unsaturated/α-hetero) is 1. The molecule has 3 aromatic rings. The van der Waals surface area contributed by atoms with Gasteiger partial charge in [0.05, 0.1) is 24.1 Å². The van der Waals surface area contributed by atoms with Crippen LogP contribution in [0.3, 0.4) is 0 Å². The van der Waals surface area contributed by atoms with Crippen molar-refractivity contribution in [3.63, 3.8) is 0 Å². The number of carbonyl (C=O) groups excluding carboxylic acids is 2. The normalized spacial score (nSPS) is 9.88. The van der Waals surface area contributed by atoms with Gasteiger partial charge in [-0.05, 0) is 37.3 Å². The number of aromatic nitrogens is 3. The quantitative estimate of drug-likeness (QED) is 0.269. The number of amides is 1.